The fourth-order valence-corrected chi connectivity index (χ4v) is 3.46. The maximum atomic E-state index is 10.6. The fourth-order valence-electron chi connectivity index (χ4n) is 3.46. The Labute approximate surface area is 167 Å². The van der Waals surface area contributed by atoms with E-state index in [1.54, 1.807) is 18.2 Å². The summed E-state index contributed by atoms with van der Waals surface area (Å²) < 4.78 is 22.5. The monoisotopic (exact) mass is 401 g/mol. The van der Waals surface area contributed by atoms with Gasteiger partial charge in [0.15, 0.2) is 24.0 Å². The predicted molar refractivity (Wildman–Crippen MR) is 103 cm³/mol. The molecule has 154 valence electrons. The molecule has 6 atom stereocenters. The van der Waals surface area contributed by atoms with Gasteiger partial charge in [-0.2, -0.15) is 0 Å². The predicted octanol–water partition coefficient (Wildman–Crippen LogP) is 1.38. The highest BCUT2D eigenvalue weighted by Gasteiger charge is 2.48. The first kappa shape index (κ1) is 19.8. The number of nitrogens with zero attached hydrogens (tertiary/aromatic N) is 1. The van der Waals surface area contributed by atoms with Crippen molar-refractivity contribution in [1.29, 1.82) is 0 Å². The number of ether oxygens (including phenoxy) is 4. The minimum absolute atomic E-state index is 0.0717. The number of fused-ring (bicyclic) bond motifs is 1. The van der Waals surface area contributed by atoms with Gasteiger partial charge < -0.3 is 34.3 Å². The Bertz CT molecular complexity index is 857. The molecule has 2 saturated heterocycles. The zero-order chi connectivity index (χ0) is 20.4. The Morgan fingerprint density at radius 2 is 1.83 bits per heavy atom. The average Bonchev–Trinajstić information content (AvgIpc) is 2.76. The van der Waals surface area contributed by atoms with E-state index in [1.165, 1.54) is 13.3 Å². The fraction of sp³-hybridized carbons (Fsp3) is 0.381. The molecule has 0 radical (unpaired) electrons. The molecule has 2 aliphatic heterocycles. The van der Waals surface area contributed by atoms with Gasteiger partial charge in [-0.15, -0.1) is 0 Å². The summed E-state index contributed by atoms with van der Waals surface area (Å²) in [6.45, 7) is 0.185. The number of phenols is 1. The minimum Gasteiger partial charge on any atom is -0.504 e. The molecule has 0 bridgehead atoms. The van der Waals surface area contributed by atoms with Crippen LogP contribution in [0.1, 0.15) is 17.4 Å². The molecule has 8 nitrogen and oxygen atoms in total. The second kappa shape index (κ2) is 8.48. The molecule has 2 heterocycles. The zero-order valence-corrected chi connectivity index (χ0v) is 15.8. The maximum Gasteiger partial charge on any atom is 0.184 e. The van der Waals surface area contributed by atoms with Crippen molar-refractivity contribution in [3.8, 4) is 11.5 Å². The largest absolute Gasteiger partial charge is 0.504 e. The van der Waals surface area contributed by atoms with Crippen LogP contribution in [0.3, 0.4) is 0 Å². The number of benzene rings is 2. The summed E-state index contributed by atoms with van der Waals surface area (Å²) in [4.78, 5) is 4.21. The Kier molecular flexibility index (Phi) is 5.79. The third kappa shape index (κ3) is 3.98. The summed E-state index contributed by atoms with van der Waals surface area (Å²) in [6, 6.07) is 14.3. The smallest absolute Gasteiger partial charge is 0.184 e. The van der Waals surface area contributed by atoms with Crippen LogP contribution in [0, 0.1) is 0 Å². The van der Waals surface area contributed by atoms with E-state index in [1.807, 2.05) is 30.3 Å². The van der Waals surface area contributed by atoms with Crippen molar-refractivity contribution in [3.63, 3.8) is 0 Å². The van der Waals surface area contributed by atoms with Gasteiger partial charge in [-0.05, 0) is 12.1 Å². The van der Waals surface area contributed by atoms with Gasteiger partial charge in [0.25, 0.3) is 0 Å². The molecule has 8 heteroatoms. The second-order valence-corrected chi connectivity index (χ2v) is 6.90. The lowest BCUT2D eigenvalue weighted by molar-refractivity contribution is -0.327. The lowest BCUT2D eigenvalue weighted by Gasteiger charge is -2.45. The van der Waals surface area contributed by atoms with E-state index in [-0.39, 0.29) is 12.4 Å². The molecule has 2 aliphatic rings. The summed E-state index contributed by atoms with van der Waals surface area (Å²) in [6.07, 6.45) is -4.14. The molecule has 0 spiro atoms. The van der Waals surface area contributed by atoms with Crippen LogP contribution in [0.4, 0.5) is 0 Å². The van der Waals surface area contributed by atoms with Gasteiger partial charge in [-0.25, -0.2) is 0 Å². The third-order valence-electron chi connectivity index (χ3n) is 5.03. The number of aromatic hydroxyl groups is 1. The number of methoxy groups -OCH3 is 1. The summed E-state index contributed by atoms with van der Waals surface area (Å²) in [5, 5.41) is 31.2. The van der Waals surface area contributed by atoms with E-state index in [4.69, 9.17) is 18.9 Å². The minimum atomic E-state index is -1.30. The van der Waals surface area contributed by atoms with E-state index in [0.717, 1.165) is 5.56 Å². The van der Waals surface area contributed by atoms with Gasteiger partial charge in [0.2, 0.25) is 0 Å². The van der Waals surface area contributed by atoms with Gasteiger partial charge in [0.1, 0.15) is 24.4 Å². The standard InChI is InChI=1S/C21H23NO7/c1-26-14-9-5-8-13(16(14)23)10-22-20-18(25)17(24)19-15(28-20)11-27-21(29-19)12-6-3-2-4-7-12/h2-10,15,17-21,23-25H,11H2,1H3/b22-10+/t15-,17-,18-,19-,20-,21?/m1/s1. The number of aliphatic imine (C=N–C) groups is 1. The number of phenolic OH excluding ortho intramolecular Hbond substituents is 1. The maximum absolute atomic E-state index is 10.6. The van der Waals surface area contributed by atoms with Crippen LogP contribution in [0.5, 0.6) is 11.5 Å². The molecule has 0 saturated carbocycles. The Hall–Kier alpha value is -2.49. The lowest BCUT2D eigenvalue weighted by Crippen LogP contribution is -2.61. The van der Waals surface area contributed by atoms with Crippen LogP contribution in [0.2, 0.25) is 0 Å². The molecule has 0 amide bonds. The molecule has 2 aromatic rings. The number of hydrogen-bond donors (Lipinski definition) is 3. The molecule has 29 heavy (non-hydrogen) atoms. The molecule has 1 unspecified atom stereocenters. The number of aliphatic hydroxyl groups excluding tert-OH is 2. The first-order valence-electron chi connectivity index (χ1n) is 9.31. The van der Waals surface area contributed by atoms with Gasteiger partial charge in [-0.3, -0.25) is 4.99 Å². The van der Waals surface area contributed by atoms with Gasteiger partial charge in [0.05, 0.1) is 13.7 Å². The third-order valence-corrected chi connectivity index (χ3v) is 5.03. The number of aliphatic hydroxyl groups is 2. The first-order valence-corrected chi connectivity index (χ1v) is 9.31. The lowest BCUT2D eigenvalue weighted by atomic mass is 9.97. The van der Waals surface area contributed by atoms with Crippen LogP contribution in [-0.4, -0.2) is 65.9 Å². The van der Waals surface area contributed by atoms with Crippen molar-refractivity contribution in [2.45, 2.75) is 36.9 Å². The van der Waals surface area contributed by atoms with Gasteiger partial charge in [0, 0.05) is 17.3 Å². The summed E-state index contributed by atoms with van der Waals surface area (Å²) in [7, 11) is 1.45. The van der Waals surface area contributed by atoms with Crippen molar-refractivity contribution in [3.05, 3.63) is 59.7 Å². The van der Waals surface area contributed by atoms with Crippen LogP contribution < -0.4 is 4.74 Å². The quantitative estimate of drug-likeness (QED) is 0.664. The average molecular weight is 401 g/mol. The topological polar surface area (TPSA) is 110 Å². The van der Waals surface area contributed by atoms with E-state index in [0.29, 0.717) is 11.3 Å². The summed E-state index contributed by atoms with van der Waals surface area (Å²) in [5.74, 6) is 0.234. The van der Waals surface area contributed by atoms with Crippen LogP contribution in [-0.2, 0) is 14.2 Å². The summed E-state index contributed by atoms with van der Waals surface area (Å²) in [5.41, 5.74) is 1.22. The van der Waals surface area contributed by atoms with Crippen LogP contribution in [0.15, 0.2) is 53.5 Å². The summed E-state index contributed by atoms with van der Waals surface area (Å²) >= 11 is 0. The first-order chi connectivity index (χ1) is 14.1. The normalized spacial score (nSPS) is 32.1. The molecule has 3 N–H and O–H groups in total. The number of hydrogen-bond acceptors (Lipinski definition) is 8. The Morgan fingerprint density at radius 3 is 2.59 bits per heavy atom. The zero-order valence-electron chi connectivity index (χ0n) is 15.8. The van der Waals surface area contributed by atoms with Crippen molar-refractivity contribution < 1.29 is 34.3 Å². The second-order valence-electron chi connectivity index (χ2n) is 6.90. The van der Waals surface area contributed by atoms with Crippen molar-refractivity contribution in [1.82, 2.24) is 0 Å². The molecule has 0 aromatic heterocycles. The highest BCUT2D eigenvalue weighted by Crippen LogP contribution is 2.34. The molecule has 0 aliphatic carbocycles. The van der Waals surface area contributed by atoms with Gasteiger partial charge in [-0.1, -0.05) is 36.4 Å². The van der Waals surface area contributed by atoms with Crippen molar-refractivity contribution >= 4 is 6.21 Å². The molecule has 2 aromatic carbocycles. The molecular formula is C21H23NO7. The van der Waals surface area contributed by atoms with E-state index in [2.05, 4.69) is 4.99 Å². The molecular weight excluding hydrogens is 378 g/mol. The van der Waals surface area contributed by atoms with Crippen LogP contribution in [0.25, 0.3) is 0 Å². The highest BCUT2D eigenvalue weighted by molar-refractivity contribution is 5.84. The van der Waals surface area contributed by atoms with E-state index < -0.39 is 36.9 Å². The Balaban J connectivity index is 1.47. The number of para-hydroxylation sites is 1. The SMILES string of the molecule is COc1cccc(/C=N/[C@@H]2O[C@@H]3COC(c4ccccc4)O[C@H]3[C@H](O)[C@H]2O)c1O. The molecule has 2 fully saturated rings. The Morgan fingerprint density at radius 1 is 1.03 bits per heavy atom. The van der Waals surface area contributed by atoms with Gasteiger partial charge >= 0.3 is 0 Å². The van der Waals surface area contributed by atoms with Crippen molar-refractivity contribution in [2.75, 3.05) is 13.7 Å². The van der Waals surface area contributed by atoms with Crippen LogP contribution >= 0.6 is 0 Å². The van der Waals surface area contributed by atoms with E-state index >= 15 is 0 Å². The number of rotatable bonds is 4. The molecule has 4 rings (SSSR count). The highest BCUT2D eigenvalue weighted by atomic mass is 16.7. The van der Waals surface area contributed by atoms with E-state index in [9.17, 15) is 15.3 Å². The van der Waals surface area contributed by atoms with Crippen molar-refractivity contribution in [2.24, 2.45) is 4.99 Å².